The Morgan fingerprint density at radius 3 is 2.68 bits per heavy atom. The molecule has 0 unspecified atom stereocenters. The van der Waals surface area contributed by atoms with E-state index < -0.39 is 5.97 Å². The molecule has 122 valence electrons. The number of carbonyl (C=O) groups is 1. The highest BCUT2D eigenvalue weighted by molar-refractivity contribution is 6.04. The summed E-state index contributed by atoms with van der Waals surface area (Å²) in [6.45, 7) is 0. The first kappa shape index (κ1) is 15.3. The molecule has 0 fully saturated rings. The van der Waals surface area contributed by atoms with Crippen LogP contribution < -0.4 is 0 Å². The summed E-state index contributed by atoms with van der Waals surface area (Å²) in [5, 5.41) is 13.2. The molecule has 2 aromatic heterocycles. The molecular formula is C21H16N2O2. The van der Waals surface area contributed by atoms with Crippen molar-refractivity contribution in [3.63, 3.8) is 0 Å². The number of nitrogens with zero attached hydrogens (tertiary/aromatic N) is 2. The average molecular weight is 328 g/mol. The average Bonchev–Trinajstić information content (AvgIpc) is 2.65. The molecule has 0 spiro atoms. The van der Waals surface area contributed by atoms with Crippen molar-refractivity contribution in [2.45, 2.75) is 12.8 Å². The van der Waals surface area contributed by atoms with Crippen molar-refractivity contribution in [3.8, 4) is 11.3 Å². The molecule has 2 aromatic carbocycles. The number of aromatic nitrogens is 2. The maximum Gasteiger partial charge on any atom is 0.303 e. The second-order valence-electron chi connectivity index (χ2n) is 5.97. The lowest BCUT2D eigenvalue weighted by atomic mass is 9.96. The van der Waals surface area contributed by atoms with Gasteiger partial charge in [0.15, 0.2) is 0 Å². The quantitative estimate of drug-likeness (QED) is 0.600. The number of aliphatic carboxylic acids is 1. The molecule has 25 heavy (non-hydrogen) atoms. The summed E-state index contributed by atoms with van der Waals surface area (Å²) in [6.07, 6.45) is 6.06. The number of pyridine rings is 2. The van der Waals surface area contributed by atoms with Gasteiger partial charge >= 0.3 is 5.97 Å². The van der Waals surface area contributed by atoms with Crippen LogP contribution >= 0.6 is 0 Å². The number of carboxylic acids is 1. The molecule has 0 aliphatic rings. The summed E-state index contributed by atoms with van der Waals surface area (Å²) in [7, 11) is 0. The van der Waals surface area contributed by atoms with E-state index in [1.165, 1.54) is 0 Å². The van der Waals surface area contributed by atoms with E-state index >= 15 is 0 Å². The van der Waals surface area contributed by atoms with Gasteiger partial charge in [0, 0.05) is 41.3 Å². The summed E-state index contributed by atoms with van der Waals surface area (Å²) in [5.74, 6) is -0.786. The normalized spacial score (nSPS) is 11.0. The van der Waals surface area contributed by atoms with Gasteiger partial charge in [0.05, 0.1) is 5.69 Å². The number of hydrogen-bond donors (Lipinski definition) is 1. The zero-order valence-corrected chi connectivity index (χ0v) is 13.5. The number of rotatable bonds is 4. The van der Waals surface area contributed by atoms with Gasteiger partial charge in [0.1, 0.15) is 0 Å². The highest BCUT2D eigenvalue weighted by atomic mass is 16.4. The number of benzene rings is 2. The third-order valence-electron chi connectivity index (χ3n) is 4.44. The van der Waals surface area contributed by atoms with Gasteiger partial charge in [0.2, 0.25) is 0 Å². The molecule has 0 radical (unpaired) electrons. The maximum absolute atomic E-state index is 10.9. The van der Waals surface area contributed by atoms with Crippen LogP contribution in [0.1, 0.15) is 12.0 Å². The molecule has 4 aromatic rings. The van der Waals surface area contributed by atoms with Gasteiger partial charge < -0.3 is 5.11 Å². The lowest BCUT2D eigenvalue weighted by Crippen LogP contribution is -1.98. The Bertz CT molecular complexity index is 1080. The number of carboxylic acid groups (broad SMARTS) is 1. The first-order chi connectivity index (χ1) is 12.2. The van der Waals surface area contributed by atoms with Crippen LogP contribution in [-0.2, 0) is 11.2 Å². The molecule has 0 atom stereocenters. The Balaban J connectivity index is 1.93. The molecule has 0 aliphatic carbocycles. The molecule has 0 saturated heterocycles. The van der Waals surface area contributed by atoms with Crippen LogP contribution in [0, 0.1) is 0 Å². The predicted molar refractivity (Wildman–Crippen MR) is 98.4 cm³/mol. The molecule has 0 aliphatic heterocycles. The van der Waals surface area contributed by atoms with Crippen molar-refractivity contribution < 1.29 is 9.90 Å². The Labute approximate surface area is 144 Å². The third-order valence-corrected chi connectivity index (χ3v) is 4.44. The van der Waals surface area contributed by atoms with E-state index in [0.717, 1.165) is 38.4 Å². The fourth-order valence-corrected chi connectivity index (χ4v) is 3.27. The van der Waals surface area contributed by atoms with E-state index in [0.29, 0.717) is 6.42 Å². The van der Waals surface area contributed by atoms with E-state index in [9.17, 15) is 4.79 Å². The van der Waals surface area contributed by atoms with Gasteiger partial charge in [-0.15, -0.1) is 0 Å². The zero-order chi connectivity index (χ0) is 17.2. The van der Waals surface area contributed by atoms with E-state index in [-0.39, 0.29) is 6.42 Å². The summed E-state index contributed by atoms with van der Waals surface area (Å²) in [6, 6.07) is 16.1. The topological polar surface area (TPSA) is 63.1 Å². The summed E-state index contributed by atoms with van der Waals surface area (Å²) in [4.78, 5) is 19.8. The molecule has 4 nitrogen and oxygen atoms in total. The van der Waals surface area contributed by atoms with Crippen molar-refractivity contribution in [3.05, 3.63) is 72.7 Å². The molecule has 0 amide bonds. The number of aryl methyl sites for hydroxylation is 1. The van der Waals surface area contributed by atoms with Gasteiger partial charge in [-0.25, -0.2) is 0 Å². The van der Waals surface area contributed by atoms with Crippen LogP contribution in [0.25, 0.3) is 32.8 Å². The lowest BCUT2D eigenvalue weighted by molar-refractivity contribution is -0.136. The fraction of sp³-hybridized carbons (Fsp3) is 0.0952. The Morgan fingerprint density at radius 1 is 0.920 bits per heavy atom. The summed E-state index contributed by atoms with van der Waals surface area (Å²) in [5.41, 5.74) is 2.96. The van der Waals surface area contributed by atoms with Gasteiger partial charge in [-0.3, -0.25) is 14.8 Å². The van der Waals surface area contributed by atoms with Crippen LogP contribution in [0.3, 0.4) is 0 Å². The first-order valence-corrected chi connectivity index (χ1v) is 8.15. The number of hydrogen-bond acceptors (Lipinski definition) is 3. The number of fused-ring (bicyclic) bond motifs is 2. The SMILES string of the molecule is O=C(O)CCc1cccc2c(-c3cccc4ccncc34)nccc12. The van der Waals surface area contributed by atoms with Gasteiger partial charge in [-0.05, 0) is 34.9 Å². The van der Waals surface area contributed by atoms with Crippen LogP contribution in [0.2, 0.25) is 0 Å². The second-order valence-corrected chi connectivity index (χ2v) is 5.97. The molecule has 4 rings (SSSR count). The smallest absolute Gasteiger partial charge is 0.303 e. The molecule has 4 heteroatoms. The largest absolute Gasteiger partial charge is 0.481 e. The van der Waals surface area contributed by atoms with Crippen LogP contribution in [0.15, 0.2) is 67.1 Å². The highest BCUT2D eigenvalue weighted by Gasteiger charge is 2.11. The minimum Gasteiger partial charge on any atom is -0.481 e. The Hall–Kier alpha value is -3.27. The Kier molecular flexibility index (Phi) is 3.86. The molecule has 2 heterocycles. The third kappa shape index (κ3) is 2.83. The van der Waals surface area contributed by atoms with Gasteiger partial charge in [0.25, 0.3) is 0 Å². The monoisotopic (exact) mass is 328 g/mol. The van der Waals surface area contributed by atoms with Crippen molar-refractivity contribution in [2.75, 3.05) is 0 Å². The molecular weight excluding hydrogens is 312 g/mol. The van der Waals surface area contributed by atoms with Crippen LogP contribution in [0.5, 0.6) is 0 Å². The van der Waals surface area contributed by atoms with E-state index in [1.54, 1.807) is 12.4 Å². The highest BCUT2D eigenvalue weighted by Crippen LogP contribution is 2.33. The fourth-order valence-electron chi connectivity index (χ4n) is 3.27. The standard InChI is InChI=1S/C21H16N2O2/c24-20(25)8-7-14-3-1-5-17-16(14)10-12-23-21(17)18-6-2-4-15-9-11-22-13-19(15)18/h1-6,9-13H,7-8H2,(H,24,25). The predicted octanol–water partition coefficient (Wildman–Crippen LogP) is 4.47. The first-order valence-electron chi connectivity index (χ1n) is 8.15. The van der Waals surface area contributed by atoms with Crippen molar-refractivity contribution in [2.24, 2.45) is 0 Å². The zero-order valence-electron chi connectivity index (χ0n) is 13.5. The van der Waals surface area contributed by atoms with Crippen molar-refractivity contribution in [1.82, 2.24) is 9.97 Å². The van der Waals surface area contributed by atoms with Gasteiger partial charge in [-0.2, -0.15) is 0 Å². The van der Waals surface area contributed by atoms with E-state index in [2.05, 4.69) is 22.1 Å². The van der Waals surface area contributed by atoms with Crippen LogP contribution in [0.4, 0.5) is 0 Å². The van der Waals surface area contributed by atoms with Crippen molar-refractivity contribution >= 4 is 27.5 Å². The lowest BCUT2D eigenvalue weighted by Gasteiger charge is -2.11. The minimum absolute atomic E-state index is 0.120. The Morgan fingerprint density at radius 2 is 1.80 bits per heavy atom. The van der Waals surface area contributed by atoms with Crippen LogP contribution in [-0.4, -0.2) is 21.0 Å². The summed E-state index contributed by atoms with van der Waals surface area (Å²) < 4.78 is 0. The molecule has 1 N–H and O–H groups in total. The minimum atomic E-state index is -0.786. The van der Waals surface area contributed by atoms with E-state index in [1.807, 2.05) is 42.6 Å². The maximum atomic E-state index is 10.9. The summed E-state index contributed by atoms with van der Waals surface area (Å²) >= 11 is 0. The van der Waals surface area contributed by atoms with Crippen molar-refractivity contribution in [1.29, 1.82) is 0 Å². The second kappa shape index (κ2) is 6.32. The van der Waals surface area contributed by atoms with E-state index in [4.69, 9.17) is 5.11 Å². The molecule has 0 saturated carbocycles. The van der Waals surface area contributed by atoms with Gasteiger partial charge in [-0.1, -0.05) is 36.4 Å². The molecule has 0 bridgehead atoms.